The lowest BCUT2D eigenvalue weighted by molar-refractivity contribution is 0.122. The van der Waals surface area contributed by atoms with Gasteiger partial charge in [-0.05, 0) is 42.0 Å². The van der Waals surface area contributed by atoms with E-state index in [1.807, 2.05) is 25.2 Å². The zero-order valence-corrected chi connectivity index (χ0v) is 16.5. The summed E-state index contributed by atoms with van der Waals surface area (Å²) in [6, 6.07) is 18.9. The lowest BCUT2D eigenvalue weighted by atomic mass is 10.0. The molecule has 2 aromatic carbocycles. The first-order valence-corrected chi connectivity index (χ1v) is 10.2. The number of morpholine rings is 1. The number of anilines is 1. The molecule has 1 unspecified atom stereocenters. The number of rotatable bonds is 6. The summed E-state index contributed by atoms with van der Waals surface area (Å²) in [5.74, 6) is 0.563. The molecule has 2 amide bonds. The number of hydrogen-bond donors (Lipinski definition) is 1. The van der Waals surface area contributed by atoms with Crippen LogP contribution >= 0.6 is 0 Å². The number of hydrogen-bond acceptors (Lipinski definition) is 3. The summed E-state index contributed by atoms with van der Waals surface area (Å²) >= 11 is 0. The highest BCUT2D eigenvalue weighted by Crippen LogP contribution is 2.41. The third-order valence-electron chi connectivity index (χ3n) is 5.61. The van der Waals surface area contributed by atoms with Crippen molar-refractivity contribution in [1.82, 2.24) is 10.2 Å². The number of ether oxygens (including phenoxy) is 1. The minimum Gasteiger partial charge on any atom is -0.378 e. The summed E-state index contributed by atoms with van der Waals surface area (Å²) < 4.78 is 5.42. The van der Waals surface area contributed by atoms with Gasteiger partial charge < -0.3 is 19.9 Å². The highest BCUT2D eigenvalue weighted by Gasteiger charge is 2.33. The molecular weight excluding hydrogens is 350 g/mol. The van der Waals surface area contributed by atoms with Crippen LogP contribution in [0.25, 0.3) is 0 Å². The average molecular weight is 380 g/mol. The standard InChI is InChI=1S/C23H29N3O2/c1-25(17-18-7-11-21(12-8-18)26-13-15-28-16-14-26)23(27)24-22(20-9-10-20)19-5-3-2-4-6-19/h2-8,11-12,20,22H,9-10,13-17H2,1H3,(H,24,27). The second kappa shape index (κ2) is 8.65. The summed E-state index contributed by atoms with van der Waals surface area (Å²) in [5.41, 5.74) is 3.55. The second-order valence-electron chi connectivity index (χ2n) is 7.80. The van der Waals surface area contributed by atoms with Gasteiger partial charge in [0.1, 0.15) is 0 Å². The van der Waals surface area contributed by atoms with Gasteiger partial charge in [0.2, 0.25) is 0 Å². The maximum atomic E-state index is 12.8. The number of urea groups is 1. The van der Waals surface area contributed by atoms with Gasteiger partial charge in [-0.25, -0.2) is 4.79 Å². The predicted molar refractivity (Wildman–Crippen MR) is 111 cm³/mol. The zero-order valence-electron chi connectivity index (χ0n) is 16.5. The van der Waals surface area contributed by atoms with E-state index in [1.54, 1.807) is 4.90 Å². The monoisotopic (exact) mass is 379 g/mol. The first-order valence-electron chi connectivity index (χ1n) is 10.2. The van der Waals surface area contributed by atoms with Crippen LogP contribution in [0.1, 0.15) is 30.0 Å². The van der Waals surface area contributed by atoms with Crippen molar-refractivity contribution in [3.05, 3.63) is 65.7 Å². The molecule has 4 rings (SSSR count). The van der Waals surface area contributed by atoms with Gasteiger partial charge in [0.25, 0.3) is 0 Å². The molecule has 148 valence electrons. The number of carbonyl (C=O) groups excluding carboxylic acids is 1. The van der Waals surface area contributed by atoms with Gasteiger partial charge in [-0.1, -0.05) is 42.5 Å². The Bertz CT molecular complexity index is 768. The molecular formula is C23H29N3O2. The lowest BCUT2D eigenvalue weighted by Crippen LogP contribution is -2.39. The molecule has 0 bridgehead atoms. The minimum absolute atomic E-state index is 0.0157. The Balaban J connectivity index is 1.34. The highest BCUT2D eigenvalue weighted by atomic mass is 16.5. The fourth-order valence-electron chi connectivity index (χ4n) is 3.79. The smallest absolute Gasteiger partial charge is 0.317 e. The fraction of sp³-hybridized carbons (Fsp3) is 0.435. The molecule has 1 aliphatic heterocycles. The van der Waals surface area contributed by atoms with Gasteiger partial charge in [0.15, 0.2) is 0 Å². The zero-order chi connectivity index (χ0) is 19.3. The van der Waals surface area contributed by atoms with Crippen molar-refractivity contribution in [3.8, 4) is 0 Å². The van der Waals surface area contributed by atoms with Crippen LogP contribution in [0.5, 0.6) is 0 Å². The molecule has 28 heavy (non-hydrogen) atoms. The Morgan fingerprint density at radius 1 is 1.11 bits per heavy atom. The van der Waals surface area contributed by atoms with E-state index in [9.17, 15) is 4.79 Å². The number of nitrogens with zero attached hydrogens (tertiary/aromatic N) is 2. The summed E-state index contributed by atoms with van der Waals surface area (Å²) in [5, 5.41) is 3.24. The van der Waals surface area contributed by atoms with E-state index in [0.717, 1.165) is 31.9 Å². The quantitative estimate of drug-likeness (QED) is 0.830. The molecule has 1 heterocycles. The Morgan fingerprint density at radius 3 is 2.43 bits per heavy atom. The van der Waals surface area contributed by atoms with E-state index in [-0.39, 0.29) is 12.1 Å². The van der Waals surface area contributed by atoms with Crippen molar-refractivity contribution in [1.29, 1.82) is 0 Å². The Kier molecular flexibility index (Phi) is 5.81. The largest absolute Gasteiger partial charge is 0.378 e. The topological polar surface area (TPSA) is 44.8 Å². The number of amides is 2. The molecule has 1 N–H and O–H groups in total. The Morgan fingerprint density at radius 2 is 1.79 bits per heavy atom. The third-order valence-corrected chi connectivity index (χ3v) is 5.61. The van der Waals surface area contributed by atoms with Crippen LogP contribution in [-0.2, 0) is 11.3 Å². The predicted octanol–water partition coefficient (Wildman–Crippen LogP) is 3.82. The van der Waals surface area contributed by atoms with Crippen LogP contribution in [0.4, 0.5) is 10.5 Å². The molecule has 0 aromatic heterocycles. The average Bonchev–Trinajstić information content (AvgIpc) is 3.59. The summed E-state index contributed by atoms with van der Waals surface area (Å²) in [6.45, 7) is 4.04. The molecule has 0 radical (unpaired) electrons. The van der Waals surface area contributed by atoms with Gasteiger partial charge >= 0.3 is 6.03 Å². The molecule has 5 nitrogen and oxygen atoms in total. The highest BCUT2D eigenvalue weighted by molar-refractivity contribution is 5.74. The van der Waals surface area contributed by atoms with Gasteiger partial charge in [0.05, 0.1) is 19.3 Å². The van der Waals surface area contributed by atoms with Crippen molar-refractivity contribution >= 4 is 11.7 Å². The van der Waals surface area contributed by atoms with E-state index in [1.165, 1.54) is 24.1 Å². The van der Waals surface area contributed by atoms with Crippen LogP contribution in [0.3, 0.4) is 0 Å². The van der Waals surface area contributed by atoms with Crippen molar-refractivity contribution in [2.24, 2.45) is 5.92 Å². The fourth-order valence-corrected chi connectivity index (χ4v) is 3.79. The summed E-state index contributed by atoms with van der Waals surface area (Å²) in [6.07, 6.45) is 2.37. The Labute approximate surface area is 167 Å². The number of benzene rings is 2. The van der Waals surface area contributed by atoms with Crippen LogP contribution in [0.2, 0.25) is 0 Å². The Hall–Kier alpha value is -2.53. The number of carbonyl (C=O) groups is 1. The van der Waals surface area contributed by atoms with Crippen LogP contribution < -0.4 is 10.2 Å². The van der Waals surface area contributed by atoms with Crippen LogP contribution in [0, 0.1) is 5.92 Å². The van der Waals surface area contributed by atoms with Crippen LogP contribution in [-0.4, -0.2) is 44.3 Å². The van der Waals surface area contributed by atoms with Gasteiger partial charge in [-0.15, -0.1) is 0 Å². The van der Waals surface area contributed by atoms with Crippen molar-refractivity contribution < 1.29 is 9.53 Å². The maximum absolute atomic E-state index is 12.8. The van der Waals surface area contributed by atoms with E-state index in [0.29, 0.717) is 12.5 Å². The molecule has 2 fully saturated rings. The maximum Gasteiger partial charge on any atom is 0.317 e. The molecule has 5 heteroatoms. The molecule has 1 saturated carbocycles. The van der Waals surface area contributed by atoms with E-state index < -0.39 is 0 Å². The van der Waals surface area contributed by atoms with Gasteiger partial charge in [0, 0.05) is 32.4 Å². The molecule has 1 saturated heterocycles. The van der Waals surface area contributed by atoms with E-state index in [2.05, 4.69) is 46.6 Å². The van der Waals surface area contributed by atoms with Crippen LogP contribution in [0.15, 0.2) is 54.6 Å². The normalized spacial score (nSPS) is 17.8. The van der Waals surface area contributed by atoms with Crippen molar-refractivity contribution in [3.63, 3.8) is 0 Å². The van der Waals surface area contributed by atoms with Gasteiger partial charge in [-0.2, -0.15) is 0 Å². The minimum atomic E-state index is -0.0157. The molecule has 2 aliphatic rings. The molecule has 1 aliphatic carbocycles. The lowest BCUT2D eigenvalue weighted by Gasteiger charge is -2.29. The third kappa shape index (κ3) is 4.65. The number of nitrogens with one attached hydrogen (secondary N) is 1. The summed E-state index contributed by atoms with van der Waals surface area (Å²) in [4.78, 5) is 16.9. The van der Waals surface area contributed by atoms with E-state index >= 15 is 0 Å². The first kappa shape index (κ1) is 18.8. The van der Waals surface area contributed by atoms with E-state index in [4.69, 9.17) is 4.74 Å². The van der Waals surface area contributed by atoms with Crippen molar-refractivity contribution in [2.45, 2.75) is 25.4 Å². The van der Waals surface area contributed by atoms with Gasteiger partial charge in [-0.3, -0.25) is 0 Å². The first-order chi connectivity index (χ1) is 13.7. The second-order valence-corrected chi connectivity index (χ2v) is 7.80. The molecule has 2 aromatic rings. The van der Waals surface area contributed by atoms with Crippen molar-refractivity contribution in [2.75, 3.05) is 38.3 Å². The SMILES string of the molecule is CN(Cc1ccc(N2CCOCC2)cc1)C(=O)NC(c1ccccc1)C1CC1. The molecule has 0 spiro atoms. The molecule has 1 atom stereocenters. The summed E-state index contributed by atoms with van der Waals surface area (Å²) in [7, 11) is 1.86.